The van der Waals surface area contributed by atoms with Crippen molar-refractivity contribution in [3.8, 4) is 0 Å². The number of hydrogen-bond acceptors (Lipinski definition) is 5. The molecule has 0 saturated heterocycles. The second-order valence-electron chi connectivity index (χ2n) is 12.0. The first-order valence-corrected chi connectivity index (χ1v) is 15.4. The lowest BCUT2D eigenvalue weighted by Gasteiger charge is -2.25. The van der Waals surface area contributed by atoms with E-state index in [0.29, 0.717) is 16.6 Å². The third-order valence-electron chi connectivity index (χ3n) is 7.87. The van der Waals surface area contributed by atoms with Crippen LogP contribution in [0.25, 0.3) is 10.2 Å². The SMILES string of the molecule is CC(C)(C)c1ccc2sc(NC(=O)N(Cc3ccc(C(=O)N=C(N)N=N)cc3)c3ccc(C4CCCCC4)cc3)nc2c1. The van der Waals surface area contributed by atoms with Crippen LogP contribution in [0.2, 0.25) is 0 Å². The quantitative estimate of drug-likeness (QED) is 0.117. The van der Waals surface area contributed by atoms with Crippen LogP contribution in [0.15, 0.2) is 76.8 Å². The number of guanidine groups is 1. The first-order valence-electron chi connectivity index (χ1n) is 14.5. The van der Waals surface area contributed by atoms with Gasteiger partial charge in [-0.15, -0.1) is 5.11 Å². The Morgan fingerprint density at radius 2 is 1.72 bits per heavy atom. The normalized spacial score (nSPS) is 14.4. The summed E-state index contributed by atoms with van der Waals surface area (Å²) in [6, 6.07) is 21.1. The first kappa shape index (κ1) is 30.0. The van der Waals surface area contributed by atoms with Gasteiger partial charge in [0.15, 0.2) is 5.13 Å². The summed E-state index contributed by atoms with van der Waals surface area (Å²) in [5.41, 5.74) is 17.5. The molecule has 3 aromatic carbocycles. The maximum atomic E-state index is 13.8. The van der Waals surface area contributed by atoms with Gasteiger partial charge < -0.3 is 5.73 Å². The van der Waals surface area contributed by atoms with Gasteiger partial charge in [0, 0.05) is 11.3 Å². The van der Waals surface area contributed by atoms with Crippen LogP contribution in [-0.4, -0.2) is 22.9 Å². The molecule has 222 valence electrons. The number of aliphatic imine (C=N–C) groups is 1. The monoisotopic (exact) mass is 595 g/mol. The van der Waals surface area contributed by atoms with E-state index in [1.807, 2.05) is 12.1 Å². The van der Waals surface area contributed by atoms with Crippen molar-refractivity contribution in [2.45, 2.75) is 70.8 Å². The summed E-state index contributed by atoms with van der Waals surface area (Å²) in [5.74, 6) is -0.424. The average molecular weight is 596 g/mol. The van der Waals surface area contributed by atoms with Gasteiger partial charge in [0.1, 0.15) is 0 Å². The van der Waals surface area contributed by atoms with Crippen molar-refractivity contribution in [2.75, 3.05) is 10.2 Å². The number of carbonyl (C=O) groups is 2. The Morgan fingerprint density at radius 1 is 1.02 bits per heavy atom. The summed E-state index contributed by atoms with van der Waals surface area (Å²) >= 11 is 1.45. The van der Waals surface area contributed by atoms with E-state index in [4.69, 9.17) is 16.2 Å². The molecule has 5 rings (SSSR count). The average Bonchev–Trinajstić information content (AvgIpc) is 3.41. The highest BCUT2D eigenvalue weighted by atomic mass is 32.1. The number of anilines is 2. The topological polar surface area (TPSA) is 137 Å². The predicted octanol–water partition coefficient (Wildman–Crippen LogP) is 8.37. The number of urea groups is 1. The third-order valence-corrected chi connectivity index (χ3v) is 8.82. The van der Waals surface area contributed by atoms with Crippen LogP contribution in [0, 0.1) is 5.53 Å². The zero-order valence-electron chi connectivity index (χ0n) is 24.8. The number of nitrogens with one attached hydrogen (secondary N) is 2. The van der Waals surface area contributed by atoms with Gasteiger partial charge >= 0.3 is 6.03 Å². The van der Waals surface area contributed by atoms with Crippen molar-refractivity contribution in [1.29, 1.82) is 5.53 Å². The van der Waals surface area contributed by atoms with Gasteiger partial charge in [-0.25, -0.2) is 15.3 Å². The number of nitrogens with two attached hydrogens (primary N) is 1. The highest BCUT2D eigenvalue weighted by molar-refractivity contribution is 7.22. The van der Waals surface area contributed by atoms with Gasteiger partial charge in [0.25, 0.3) is 5.91 Å². The van der Waals surface area contributed by atoms with Crippen molar-refractivity contribution in [3.05, 3.63) is 89.0 Å². The highest BCUT2D eigenvalue weighted by Crippen LogP contribution is 2.34. The molecule has 0 atom stereocenters. The van der Waals surface area contributed by atoms with E-state index in [0.717, 1.165) is 21.5 Å². The molecular weight excluding hydrogens is 558 g/mol. The number of thiazole rings is 1. The van der Waals surface area contributed by atoms with Crippen molar-refractivity contribution >= 4 is 50.3 Å². The van der Waals surface area contributed by atoms with E-state index in [1.54, 1.807) is 29.2 Å². The first-order chi connectivity index (χ1) is 20.6. The van der Waals surface area contributed by atoms with E-state index in [9.17, 15) is 9.59 Å². The lowest BCUT2D eigenvalue weighted by atomic mass is 9.84. The molecule has 0 radical (unpaired) electrons. The van der Waals surface area contributed by atoms with Crippen LogP contribution in [0.1, 0.15) is 85.8 Å². The molecule has 1 aliphatic carbocycles. The number of fused-ring (bicyclic) bond motifs is 1. The van der Waals surface area contributed by atoms with Crippen LogP contribution in [0.4, 0.5) is 15.6 Å². The Balaban J connectivity index is 1.40. The molecule has 43 heavy (non-hydrogen) atoms. The van der Waals surface area contributed by atoms with Crippen molar-refractivity contribution in [3.63, 3.8) is 0 Å². The van der Waals surface area contributed by atoms with Crippen LogP contribution in [-0.2, 0) is 12.0 Å². The van der Waals surface area contributed by atoms with E-state index >= 15 is 0 Å². The number of rotatable bonds is 6. The summed E-state index contributed by atoms with van der Waals surface area (Å²) in [5, 5.41) is 6.52. The van der Waals surface area contributed by atoms with Gasteiger partial charge in [-0.1, -0.05) is 81.7 Å². The van der Waals surface area contributed by atoms with Crippen LogP contribution >= 0.6 is 11.3 Å². The van der Waals surface area contributed by atoms with Gasteiger partial charge in [-0.05, 0) is 77.3 Å². The van der Waals surface area contributed by atoms with Crippen LogP contribution in [0.3, 0.4) is 0 Å². The molecule has 0 bridgehead atoms. The lowest BCUT2D eigenvalue weighted by molar-refractivity contribution is 0.100. The number of aromatic nitrogens is 1. The van der Waals surface area contributed by atoms with Gasteiger partial charge in [-0.2, -0.15) is 4.99 Å². The number of benzene rings is 3. The third kappa shape index (κ3) is 7.32. The molecule has 1 fully saturated rings. The van der Waals surface area contributed by atoms with E-state index < -0.39 is 11.9 Å². The molecule has 0 aliphatic heterocycles. The maximum absolute atomic E-state index is 13.8. The zero-order chi connectivity index (χ0) is 30.6. The fourth-order valence-electron chi connectivity index (χ4n) is 5.38. The van der Waals surface area contributed by atoms with E-state index in [2.05, 4.69) is 66.5 Å². The molecule has 0 unspecified atom stereocenters. The van der Waals surface area contributed by atoms with Crippen molar-refractivity contribution < 1.29 is 9.59 Å². The molecule has 3 amide bonds. The lowest BCUT2D eigenvalue weighted by Crippen LogP contribution is -2.34. The van der Waals surface area contributed by atoms with Gasteiger partial charge in [-0.3, -0.25) is 15.0 Å². The Labute approximate surface area is 255 Å². The van der Waals surface area contributed by atoms with Crippen molar-refractivity contribution in [2.24, 2.45) is 15.8 Å². The molecule has 4 N–H and O–H groups in total. The molecule has 1 saturated carbocycles. The Hall–Kier alpha value is -4.44. The minimum atomic E-state index is -0.585. The second-order valence-corrected chi connectivity index (χ2v) is 13.0. The fourth-order valence-corrected chi connectivity index (χ4v) is 6.21. The smallest absolute Gasteiger partial charge is 0.328 e. The number of carbonyl (C=O) groups excluding carboxylic acids is 2. The molecule has 9 nitrogen and oxygen atoms in total. The molecule has 1 aromatic heterocycles. The Kier molecular flexibility index (Phi) is 8.96. The summed E-state index contributed by atoms with van der Waals surface area (Å²) < 4.78 is 1.01. The van der Waals surface area contributed by atoms with Crippen molar-refractivity contribution in [1.82, 2.24) is 4.98 Å². The van der Waals surface area contributed by atoms with Crippen LogP contribution < -0.4 is 16.0 Å². The summed E-state index contributed by atoms with van der Waals surface area (Å²) in [4.78, 5) is 36.1. The van der Waals surface area contributed by atoms with Crippen LogP contribution in [0.5, 0.6) is 0 Å². The largest absolute Gasteiger partial charge is 0.366 e. The fraction of sp³-hybridized carbons (Fsp3) is 0.333. The van der Waals surface area contributed by atoms with Gasteiger partial charge in [0.2, 0.25) is 5.96 Å². The number of nitrogens with zero attached hydrogens (tertiary/aromatic N) is 4. The molecule has 0 spiro atoms. The highest BCUT2D eigenvalue weighted by Gasteiger charge is 2.21. The molecule has 10 heteroatoms. The van der Waals surface area contributed by atoms with E-state index in [1.165, 1.54) is 54.6 Å². The molecule has 4 aromatic rings. The number of amides is 3. The maximum Gasteiger partial charge on any atom is 0.328 e. The Morgan fingerprint density at radius 3 is 2.37 bits per heavy atom. The number of hydrogen-bond donors (Lipinski definition) is 3. The minimum absolute atomic E-state index is 0.00210. The molecule has 1 heterocycles. The minimum Gasteiger partial charge on any atom is -0.366 e. The second kappa shape index (κ2) is 12.8. The van der Waals surface area contributed by atoms with Gasteiger partial charge in [0.05, 0.1) is 16.8 Å². The summed E-state index contributed by atoms with van der Waals surface area (Å²) in [7, 11) is 0. The molecular formula is C33H37N7O2S. The predicted molar refractivity (Wildman–Crippen MR) is 173 cm³/mol. The Bertz CT molecular complexity index is 1650. The zero-order valence-corrected chi connectivity index (χ0v) is 25.6. The summed E-state index contributed by atoms with van der Waals surface area (Å²) in [6.07, 6.45) is 6.22. The molecule has 1 aliphatic rings. The van der Waals surface area contributed by atoms with E-state index in [-0.39, 0.29) is 18.0 Å². The standard InChI is InChI=1S/C33H37N7O2S/c1-33(2,3)25-15-18-28-27(19-25)36-31(43-28)38-32(42)40(26-16-13-23(14-17-26)22-7-5-4-6-8-22)20-21-9-11-24(12-10-21)29(41)37-30(34)39-35/h9-19,22,35H,4-8,20H2,1-3H3,(H2,34,37,41)(H,36,38,42). The summed E-state index contributed by atoms with van der Waals surface area (Å²) in [6.45, 7) is 6.77.